The first kappa shape index (κ1) is 19.2. The maximum atomic E-state index is 5.78. The van der Waals surface area contributed by atoms with Gasteiger partial charge < -0.3 is 14.8 Å². The van der Waals surface area contributed by atoms with E-state index in [2.05, 4.69) is 99.2 Å². The zero-order valence-electron chi connectivity index (χ0n) is 16.1. The highest BCUT2D eigenvalue weighted by atomic mass is 79.9. The second-order valence-corrected chi connectivity index (χ2v) is 8.66. The Bertz CT molecular complexity index is 999. The number of hydrogen-bond acceptors (Lipinski definition) is 2. The van der Waals surface area contributed by atoms with Crippen molar-refractivity contribution in [3.8, 4) is 0 Å². The number of aromatic nitrogens is 2. The fourth-order valence-electron chi connectivity index (χ4n) is 3.68. The molecular weight excluding hydrogens is 432 g/mol. The summed E-state index contributed by atoms with van der Waals surface area (Å²) in [7, 11) is 0. The maximum absolute atomic E-state index is 5.78. The molecule has 1 saturated heterocycles. The third-order valence-corrected chi connectivity index (χ3v) is 6.40. The zero-order valence-corrected chi connectivity index (χ0v) is 18.5. The van der Waals surface area contributed by atoms with Crippen LogP contribution in [0, 0.1) is 6.92 Å². The van der Waals surface area contributed by atoms with Crippen molar-refractivity contribution in [1.82, 2.24) is 14.9 Å². The highest BCUT2D eigenvalue weighted by Gasteiger charge is 2.41. The molecule has 0 aliphatic carbocycles. The molecule has 3 heterocycles. The lowest BCUT2D eigenvalue weighted by Crippen LogP contribution is -2.29. The second kappa shape index (κ2) is 7.68. The van der Waals surface area contributed by atoms with Crippen LogP contribution in [0.3, 0.4) is 0 Å². The van der Waals surface area contributed by atoms with E-state index in [4.69, 9.17) is 12.2 Å². The Labute approximate surface area is 179 Å². The van der Waals surface area contributed by atoms with Gasteiger partial charge in [0.2, 0.25) is 0 Å². The van der Waals surface area contributed by atoms with E-state index in [1.807, 2.05) is 18.3 Å². The van der Waals surface area contributed by atoms with Gasteiger partial charge in [0.25, 0.3) is 0 Å². The van der Waals surface area contributed by atoms with Gasteiger partial charge in [-0.1, -0.05) is 22.0 Å². The summed E-state index contributed by atoms with van der Waals surface area (Å²) < 4.78 is 3.33. The molecule has 0 bridgehead atoms. The van der Waals surface area contributed by atoms with Crippen LogP contribution in [0.5, 0.6) is 0 Å². The summed E-state index contributed by atoms with van der Waals surface area (Å²) in [5.41, 5.74) is 4.47. The molecule has 3 aromatic rings. The van der Waals surface area contributed by atoms with E-state index in [0.717, 1.165) is 21.0 Å². The summed E-state index contributed by atoms with van der Waals surface area (Å²) in [5.74, 6) is 0. The minimum Gasteiger partial charge on any atom is -0.351 e. The quantitative estimate of drug-likeness (QED) is 0.511. The third kappa shape index (κ3) is 3.47. The summed E-state index contributed by atoms with van der Waals surface area (Å²) in [5, 5.41) is 4.24. The van der Waals surface area contributed by atoms with Gasteiger partial charge in [-0.2, -0.15) is 0 Å². The molecule has 1 fully saturated rings. The predicted octanol–water partition coefficient (Wildman–Crippen LogP) is 5.71. The summed E-state index contributed by atoms with van der Waals surface area (Å²) in [6, 6.07) is 15.0. The van der Waals surface area contributed by atoms with E-state index < -0.39 is 0 Å². The number of thiocarbonyl (C=S) groups is 1. The van der Waals surface area contributed by atoms with Crippen molar-refractivity contribution < 1.29 is 0 Å². The SMILES string of the molecule is Cc1cc(N2C(=S)N[C@H](c3ccccn3)[C@H]2c2ccn(C(C)C)c2)ccc1Br. The first-order valence-electron chi connectivity index (χ1n) is 9.40. The van der Waals surface area contributed by atoms with E-state index in [1.54, 1.807) is 0 Å². The predicted molar refractivity (Wildman–Crippen MR) is 122 cm³/mol. The monoisotopic (exact) mass is 454 g/mol. The van der Waals surface area contributed by atoms with Gasteiger partial charge >= 0.3 is 0 Å². The highest BCUT2D eigenvalue weighted by molar-refractivity contribution is 9.10. The summed E-state index contributed by atoms with van der Waals surface area (Å²) >= 11 is 9.38. The van der Waals surface area contributed by atoms with E-state index in [1.165, 1.54) is 11.1 Å². The summed E-state index contributed by atoms with van der Waals surface area (Å²) in [6.45, 7) is 6.47. The molecule has 6 heteroatoms. The van der Waals surface area contributed by atoms with Gasteiger partial charge in [0.05, 0.1) is 17.8 Å². The van der Waals surface area contributed by atoms with Crippen molar-refractivity contribution in [1.29, 1.82) is 0 Å². The minimum atomic E-state index is -0.0133. The van der Waals surface area contributed by atoms with Crippen LogP contribution in [0.15, 0.2) is 65.5 Å². The first-order valence-corrected chi connectivity index (χ1v) is 10.6. The Balaban J connectivity index is 1.82. The minimum absolute atomic E-state index is 0.0133. The van der Waals surface area contributed by atoms with Crippen LogP contribution >= 0.6 is 28.1 Å². The van der Waals surface area contributed by atoms with Gasteiger partial charge in [0.15, 0.2) is 5.11 Å². The number of benzene rings is 1. The van der Waals surface area contributed by atoms with E-state index >= 15 is 0 Å². The molecule has 28 heavy (non-hydrogen) atoms. The Hall–Kier alpha value is -2.18. The van der Waals surface area contributed by atoms with Crippen LogP contribution in [-0.2, 0) is 0 Å². The van der Waals surface area contributed by atoms with Gasteiger partial charge in [-0.15, -0.1) is 0 Å². The molecule has 2 aromatic heterocycles. The molecular formula is C22H23BrN4S. The molecule has 1 aromatic carbocycles. The van der Waals surface area contributed by atoms with Crippen LogP contribution in [0.2, 0.25) is 0 Å². The molecule has 0 spiro atoms. The van der Waals surface area contributed by atoms with Crippen molar-refractivity contribution in [3.63, 3.8) is 0 Å². The average molecular weight is 455 g/mol. The molecule has 4 nitrogen and oxygen atoms in total. The third-order valence-electron chi connectivity index (χ3n) is 5.19. The standard InChI is InChI=1S/C22H23BrN4S/c1-14(2)26-11-9-16(13-26)21-20(19-6-4-5-10-24-19)25-22(28)27(21)17-7-8-18(23)15(3)12-17/h4-14,20-21H,1-3H3,(H,25,28)/t20-,21-/m1/s1. The Morgan fingerprint density at radius 2 is 2.00 bits per heavy atom. The van der Waals surface area contributed by atoms with Gasteiger partial charge in [-0.25, -0.2) is 0 Å². The molecule has 0 radical (unpaired) electrons. The summed E-state index contributed by atoms with van der Waals surface area (Å²) in [4.78, 5) is 6.83. The molecule has 1 aliphatic rings. The van der Waals surface area contributed by atoms with Crippen molar-refractivity contribution in [3.05, 3.63) is 82.3 Å². The topological polar surface area (TPSA) is 33.1 Å². The molecule has 0 amide bonds. The van der Waals surface area contributed by atoms with E-state index in [-0.39, 0.29) is 12.1 Å². The van der Waals surface area contributed by atoms with Gasteiger partial charge in [0, 0.05) is 34.8 Å². The molecule has 144 valence electrons. The zero-order chi connectivity index (χ0) is 19.8. The number of nitrogens with one attached hydrogen (secondary N) is 1. The lowest BCUT2D eigenvalue weighted by molar-refractivity contribution is 0.560. The smallest absolute Gasteiger partial charge is 0.174 e. The van der Waals surface area contributed by atoms with Crippen LogP contribution in [0.4, 0.5) is 5.69 Å². The van der Waals surface area contributed by atoms with Crippen molar-refractivity contribution in [2.45, 2.75) is 38.9 Å². The number of halogens is 1. The number of rotatable bonds is 4. The maximum Gasteiger partial charge on any atom is 0.174 e. The molecule has 4 rings (SSSR count). The van der Waals surface area contributed by atoms with Gasteiger partial charge in [-0.3, -0.25) is 4.98 Å². The van der Waals surface area contributed by atoms with Crippen molar-refractivity contribution >= 4 is 38.9 Å². The Morgan fingerprint density at radius 1 is 1.18 bits per heavy atom. The number of pyridine rings is 1. The van der Waals surface area contributed by atoms with Crippen molar-refractivity contribution in [2.75, 3.05) is 4.90 Å². The molecule has 0 saturated carbocycles. The lowest BCUT2D eigenvalue weighted by atomic mass is 9.98. The molecule has 2 atom stereocenters. The molecule has 0 unspecified atom stereocenters. The Kier molecular flexibility index (Phi) is 5.25. The second-order valence-electron chi connectivity index (χ2n) is 7.42. The Morgan fingerprint density at radius 3 is 2.64 bits per heavy atom. The molecule has 1 aliphatic heterocycles. The van der Waals surface area contributed by atoms with Crippen LogP contribution in [0.1, 0.15) is 48.8 Å². The van der Waals surface area contributed by atoms with E-state index in [0.29, 0.717) is 6.04 Å². The van der Waals surface area contributed by atoms with Gasteiger partial charge in [0.1, 0.15) is 0 Å². The summed E-state index contributed by atoms with van der Waals surface area (Å²) in [6.07, 6.45) is 6.20. The fraction of sp³-hybridized carbons (Fsp3) is 0.273. The largest absolute Gasteiger partial charge is 0.351 e. The van der Waals surface area contributed by atoms with Crippen LogP contribution in [0.25, 0.3) is 0 Å². The van der Waals surface area contributed by atoms with E-state index in [9.17, 15) is 0 Å². The number of hydrogen-bond donors (Lipinski definition) is 1. The number of nitrogens with zero attached hydrogens (tertiary/aromatic N) is 3. The highest BCUT2D eigenvalue weighted by Crippen LogP contribution is 2.42. The van der Waals surface area contributed by atoms with Crippen molar-refractivity contribution in [2.24, 2.45) is 0 Å². The van der Waals surface area contributed by atoms with Gasteiger partial charge in [-0.05, 0) is 80.5 Å². The average Bonchev–Trinajstić information content (AvgIpc) is 3.29. The first-order chi connectivity index (χ1) is 13.5. The number of anilines is 1. The number of aryl methyl sites for hydroxylation is 1. The van der Waals surface area contributed by atoms with Crippen LogP contribution < -0.4 is 10.2 Å². The normalized spacial score (nSPS) is 19.3. The lowest BCUT2D eigenvalue weighted by Gasteiger charge is -2.27. The molecule has 1 N–H and O–H groups in total. The fourth-order valence-corrected chi connectivity index (χ4v) is 4.27. The van der Waals surface area contributed by atoms with Crippen LogP contribution in [-0.4, -0.2) is 14.7 Å².